The van der Waals surface area contributed by atoms with E-state index in [0.717, 1.165) is 12.9 Å². The number of carbonyl (C=O) groups is 3. The number of carbonyl (C=O) groups excluding carboxylic acids is 3. The number of hydrogen-bond donors (Lipinski definition) is 1. The Kier molecular flexibility index (Phi) is 14.1. The molecule has 36 heavy (non-hydrogen) atoms. The molecule has 1 aromatic carbocycles. The fraction of sp³-hybridized carbons (Fsp3) is 0.679. The maximum atomic E-state index is 12.3. The Morgan fingerprint density at radius 1 is 1.06 bits per heavy atom. The minimum absolute atomic E-state index is 0.0541. The summed E-state index contributed by atoms with van der Waals surface area (Å²) in [4.78, 5) is 39.0. The van der Waals surface area contributed by atoms with Gasteiger partial charge in [-0.1, -0.05) is 53.7 Å². The molecule has 1 aromatic rings. The molecule has 1 unspecified atom stereocenters. The summed E-state index contributed by atoms with van der Waals surface area (Å²) >= 11 is 0. The Morgan fingerprint density at radius 2 is 1.47 bits per heavy atom. The van der Waals surface area contributed by atoms with Crippen LogP contribution in [0.1, 0.15) is 82.5 Å². The van der Waals surface area contributed by atoms with Gasteiger partial charge < -0.3 is 14.1 Å². The van der Waals surface area contributed by atoms with E-state index in [1.54, 1.807) is 31.4 Å². The number of aldehydes is 1. The smallest absolute Gasteiger partial charge is 0.261 e. The van der Waals surface area contributed by atoms with E-state index in [1.807, 2.05) is 19.4 Å². The predicted molar refractivity (Wildman–Crippen MR) is 152 cm³/mol. The third-order valence-corrected chi connectivity index (χ3v) is 9.60. The van der Waals surface area contributed by atoms with Crippen LogP contribution in [0.2, 0.25) is 0 Å². The van der Waals surface area contributed by atoms with Crippen molar-refractivity contribution in [2.45, 2.75) is 72.6 Å². The standard InChI is InChI=1S/C19H26N2O3.C6H16OS.C3H8O/c1-14(19(2,3)4)20(12-13-22)10-7-11-21-17(23)15-8-5-6-9-16(15)18(21)24;1-6(2,3)8(4,5)7;1-3-4-2/h5-6,8-9,13-14H,7,10-12H2,1-4H3;7H,1-5H3;3H2,1-2H3. The normalized spacial score (nSPS) is 15.0. The fourth-order valence-corrected chi connectivity index (χ4v) is 2.96. The number of fused-ring (bicyclic) bond motifs is 1. The van der Waals surface area contributed by atoms with Crippen LogP contribution in [0.5, 0.6) is 0 Å². The van der Waals surface area contributed by atoms with E-state index in [9.17, 15) is 18.9 Å². The van der Waals surface area contributed by atoms with Crippen LogP contribution in [-0.4, -0.2) is 89.1 Å². The molecular formula is C28H50N2O5S. The summed E-state index contributed by atoms with van der Waals surface area (Å²) in [7, 11) is 0.340. The van der Waals surface area contributed by atoms with Crippen molar-refractivity contribution in [3.63, 3.8) is 0 Å². The first-order valence-electron chi connectivity index (χ1n) is 12.5. The van der Waals surface area contributed by atoms with Crippen molar-refractivity contribution < 1.29 is 23.7 Å². The quantitative estimate of drug-likeness (QED) is 0.351. The molecule has 0 fully saturated rings. The Balaban J connectivity index is 0.000000849. The molecule has 208 valence electrons. The second-order valence-electron chi connectivity index (χ2n) is 11.3. The molecule has 0 bridgehead atoms. The lowest BCUT2D eigenvalue weighted by Gasteiger charge is -2.38. The first-order chi connectivity index (χ1) is 16.4. The Bertz CT molecular complexity index is 789. The van der Waals surface area contributed by atoms with Crippen LogP contribution in [0, 0.1) is 5.41 Å². The molecule has 1 heterocycles. The van der Waals surface area contributed by atoms with Crippen LogP contribution >= 0.6 is 10.3 Å². The van der Waals surface area contributed by atoms with E-state index in [4.69, 9.17) is 0 Å². The van der Waals surface area contributed by atoms with Gasteiger partial charge in [0.05, 0.1) is 17.7 Å². The van der Waals surface area contributed by atoms with E-state index in [-0.39, 0.29) is 28.0 Å². The predicted octanol–water partition coefficient (Wildman–Crippen LogP) is 5.58. The first kappa shape index (κ1) is 34.3. The van der Waals surface area contributed by atoms with Crippen LogP contribution in [0.25, 0.3) is 0 Å². The molecule has 1 N–H and O–H groups in total. The minimum atomic E-state index is -1.34. The van der Waals surface area contributed by atoms with Crippen molar-refractivity contribution in [2.75, 3.05) is 45.9 Å². The lowest BCUT2D eigenvalue weighted by molar-refractivity contribution is -0.109. The average Bonchev–Trinajstić information content (AvgIpc) is 3.01. The molecule has 0 spiro atoms. The molecule has 0 aromatic heterocycles. The number of benzene rings is 1. The van der Waals surface area contributed by atoms with Gasteiger partial charge in [0.25, 0.3) is 11.8 Å². The van der Waals surface area contributed by atoms with Crippen LogP contribution < -0.4 is 0 Å². The van der Waals surface area contributed by atoms with Gasteiger partial charge in [0.2, 0.25) is 0 Å². The van der Waals surface area contributed by atoms with Gasteiger partial charge >= 0.3 is 0 Å². The Morgan fingerprint density at radius 3 is 1.78 bits per heavy atom. The zero-order valence-electron chi connectivity index (χ0n) is 24.4. The highest BCUT2D eigenvalue weighted by molar-refractivity contribution is 8.29. The Labute approximate surface area is 221 Å². The lowest BCUT2D eigenvalue weighted by atomic mass is 9.87. The van der Waals surface area contributed by atoms with Gasteiger partial charge in [0, 0.05) is 37.6 Å². The van der Waals surface area contributed by atoms with Crippen LogP contribution in [0.4, 0.5) is 0 Å². The molecule has 2 amide bonds. The summed E-state index contributed by atoms with van der Waals surface area (Å²) in [5.41, 5.74) is 1.02. The second-order valence-corrected chi connectivity index (χ2v) is 15.1. The molecule has 0 saturated carbocycles. The summed E-state index contributed by atoms with van der Waals surface area (Å²) in [6, 6.07) is 7.14. The highest BCUT2D eigenvalue weighted by Crippen LogP contribution is 2.48. The summed E-state index contributed by atoms with van der Waals surface area (Å²) in [5, 5.41) is 0. The van der Waals surface area contributed by atoms with Crippen molar-refractivity contribution in [3.05, 3.63) is 35.4 Å². The average molecular weight is 527 g/mol. The number of methoxy groups -OCH3 is 1. The van der Waals surface area contributed by atoms with Crippen LogP contribution in [0.3, 0.4) is 0 Å². The largest absolute Gasteiger partial charge is 0.385 e. The zero-order valence-corrected chi connectivity index (χ0v) is 25.2. The number of hydrogen-bond acceptors (Lipinski definition) is 6. The maximum absolute atomic E-state index is 12.3. The van der Waals surface area contributed by atoms with Crippen molar-refractivity contribution in [1.82, 2.24) is 9.80 Å². The summed E-state index contributed by atoms with van der Waals surface area (Å²) in [5.74, 6) is -0.442. The fourth-order valence-electron chi connectivity index (χ4n) is 2.96. The number of rotatable bonds is 8. The van der Waals surface area contributed by atoms with Gasteiger partial charge in [-0.2, -0.15) is 0 Å². The molecule has 1 aliphatic rings. The zero-order chi connectivity index (χ0) is 28.3. The van der Waals surface area contributed by atoms with Gasteiger partial charge in [0.1, 0.15) is 6.29 Å². The highest BCUT2D eigenvalue weighted by Gasteiger charge is 2.35. The number of ether oxygens (including phenoxy) is 1. The topological polar surface area (TPSA) is 87.2 Å². The second kappa shape index (κ2) is 14.9. The highest BCUT2D eigenvalue weighted by atomic mass is 32.3. The van der Waals surface area contributed by atoms with Crippen LogP contribution in [0.15, 0.2) is 24.3 Å². The van der Waals surface area contributed by atoms with E-state index in [0.29, 0.717) is 37.2 Å². The van der Waals surface area contributed by atoms with Gasteiger partial charge in [-0.05, 0) is 50.3 Å². The summed E-state index contributed by atoms with van der Waals surface area (Å²) in [6.45, 7) is 18.9. The van der Waals surface area contributed by atoms with Gasteiger partial charge in [0.15, 0.2) is 0 Å². The van der Waals surface area contributed by atoms with Gasteiger partial charge in [-0.3, -0.25) is 19.4 Å². The lowest BCUT2D eigenvalue weighted by Crippen LogP contribution is -2.44. The monoisotopic (exact) mass is 526 g/mol. The number of nitrogens with zero attached hydrogens (tertiary/aromatic N) is 2. The maximum Gasteiger partial charge on any atom is 0.261 e. The third kappa shape index (κ3) is 10.7. The van der Waals surface area contributed by atoms with Crippen LogP contribution in [-0.2, 0) is 9.53 Å². The molecule has 7 nitrogen and oxygen atoms in total. The van der Waals surface area contributed by atoms with Gasteiger partial charge in [-0.25, -0.2) is 0 Å². The molecule has 0 radical (unpaired) electrons. The molecular weight excluding hydrogens is 476 g/mol. The molecule has 8 heteroatoms. The van der Waals surface area contributed by atoms with E-state index in [1.165, 1.54) is 4.90 Å². The SMILES string of the molecule is CC(C)(C)S(C)(C)O.CC(N(CC=O)CCCN1C(=O)c2ccccc2C1=O)C(C)(C)C.CCOC. The van der Waals surface area contributed by atoms with Crippen molar-refractivity contribution >= 4 is 28.4 Å². The summed E-state index contributed by atoms with van der Waals surface area (Å²) in [6.07, 6.45) is 5.38. The number of imide groups is 1. The van der Waals surface area contributed by atoms with Gasteiger partial charge in [-0.15, -0.1) is 10.3 Å². The molecule has 1 atom stereocenters. The summed E-state index contributed by atoms with van der Waals surface area (Å²) < 4.78 is 14.1. The number of amides is 2. The van der Waals surface area contributed by atoms with E-state index >= 15 is 0 Å². The molecule has 2 rings (SSSR count). The van der Waals surface area contributed by atoms with Crippen molar-refractivity contribution in [3.8, 4) is 0 Å². The molecule has 1 aliphatic heterocycles. The van der Waals surface area contributed by atoms with Crippen molar-refractivity contribution in [1.29, 1.82) is 0 Å². The molecule has 0 aliphatic carbocycles. The van der Waals surface area contributed by atoms with E-state index in [2.05, 4.69) is 58.1 Å². The molecule has 0 saturated heterocycles. The van der Waals surface area contributed by atoms with E-state index < -0.39 is 10.3 Å². The Hall–Kier alpha value is -1.74. The first-order valence-corrected chi connectivity index (χ1v) is 14.9. The third-order valence-electron chi connectivity index (χ3n) is 6.60. The van der Waals surface area contributed by atoms with Crippen molar-refractivity contribution in [2.24, 2.45) is 5.41 Å². The minimum Gasteiger partial charge on any atom is -0.385 e.